The zero-order valence-corrected chi connectivity index (χ0v) is 19.9. The number of rotatable bonds is 5. The van der Waals surface area contributed by atoms with E-state index in [-0.39, 0.29) is 18.5 Å². The molecule has 8 heteroatoms. The number of carbonyl (C=O) groups excluding carboxylic acids is 2. The summed E-state index contributed by atoms with van der Waals surface area (Å²) in [5.41, 5.74) is 4.55. The predicted octanol–water partition coefficient (Wildman–Crippen LogP) is 5.00. The molecule has 0 aliphatic carbocycles. The normalized spacial score (nSPS) is 12.7. The quantitative estimate of drug-likeness (QED) is 0.435. The number of aryl methyl sites for hydroxylation is 1. The Morgan fingerprint density at radius 2 is 1.64 bits per heavy atom. The number of carbonyl (C=O) groups is 2. The molecule has 4 aromatic rings. The van der Waals surface area contributed by atoms with E-state index in [1.54, 1.807) is 9.80 Å². The van der Waals surface area contributed by atoms with Crippen LogP contribution in [0.5, 0.6) is 0 Å². The van der Waals surface area contributed by atoms with Crippen molar-refractivity contribution < 1.29 is 14.0 Å². The SMILES string of the molecule is Cn1nc(CN(C(=O)c2ccc(F)cc2)c2ccccc2)c2c1CCN(C(=O)Nc1ccccc1)C2. The summed E-state index contributed by atoms with van der Waals surface area (Å²) in [6.45, 7) is 1.18. The first-order valence-electron chi connectivity index (χ1n) is 11.8. The van der Waals surface area contributed by atoms with Gasteiger partial charge in [0.05, 0.1) is 18.8 Å². The van der Waals surface area contributed by atoms with Gasteiger partial charge in [0.2, 0.25) is 0 Å². The van der Waals surface area contributed by atoms with Gasteiger partial charge in [-0.25, -0.2) is 9.18 Å². The van der Waals surface area contributed by atoms with Gasteiger partial charge in [0.1, 0.15) is 5.82 Å². The summed E-state index contributed by atoms with van der Waals surface area (Å²) in [4.78, 5) is 29.9. The maximum atomic E-state index is 13.5. The first-order chi connectivity index (χ1) is 17.5. The standard InChI is InChI=1S/C28H26FN5O2/c1-32-26-16-17-33(28(36)30-22-8-4-2-5-9-22)18-24(26)25(31-32)19-34(23-10-6-3-7-11-23)27(35)20-12-14-21(29)15-13-20/h2-15H,16-19H2,1H3,(H,30,36). The van der Waals surface area contributed by atoms with Crippen LogP contribution in [-0.4, -0.2) is 33.2 Å². The predicted molar refractivity (Wildman–Crippen MR) is 136 cm³/mol. The van der Waals surface area contributed by atoms with Crippen LogP contribution in [0.1, 0.15) is 27.3 Å². The molecule has 1 N–H and O–H groups in total. The molecule has 1 aromatic heterocycles. The Kier molecular flexibility index (Phi) is 6.49. The highest BCUT2D eigenvalue weighted by atomic mass is 19.1. The van der Waals surface area contributed by atoms with E-state index in [4.69, 9.17) is 5.10 Å². The largest absolute Gasteiger partial charge is 0.322 e. The molecule has 182 valence electrons. The van der Waals surface area contributed by atoms with Gasteiger partial charge in [-0.2, -0.15) is 5.10 Å². The highest BCUT2D eigenvalue weighted by Gasteiger charge is 2.29. The maximum Gasteiger partial charge on any atom is 0.322 e. The van der Waals surface area contributed by atoms with Gasteiger partial charge in [-0.15, -0.1) is 0 Å². The summed E-state index contributed by atoms with van der Waals surface area (Å²) in [5, 5.41) is 7.67. The molecule has 0 saturated carbocycles. The van der Waals surface area contributed by atoms with Crippen molar-refractivity contribution in [2.75, 3.05) is 16.8 Å². The Morgan fingerprint density at radius 3 is 2.33 bits per heavy atom. The minimum atomic E-state index is -0.398. The zero-order chi connectivity index (χ0) is 25.1. The third kappa shape index (κ3) is 4.84. The van der Waals surface area contributed by atoms with Crippen LogP contribution in [0.25, 0.3) is 0 Å². The number of benzene rings is 3. The molecule has 36 heavy (non-hydrogen) atoms. The van der Waals surface area contributed by atoms with Gasteiger partial charge in [-0.1, -0.05) is 36.4 Å². The summed E-state index contributed by atoms with van der Waals surface area (Å²) in [6, 6.07) is 24.0. The lowest BCUT2D eigenvalue weighted by Gasteiger charge is -2.29. The summed E-state index contributed by atoms with van der Waals surface area (Å²) in [7, 11) is 1.89. The average Bonchev–Trinajstić information content (AvgIpc) is 3.22. The van der Waals surface area contributed by atoms with Crippen LogP contribution in [0.15, 0.2) is 84.9 Å². The van der Waals surface area contributed by atoms with Crippen molar-refractivity contribution in [3.8, 4) is 0 Å². The Hall–Kier alpha value is -4.46. The van der Waals surface area contributed by atoms with Crippen LogP contribution in [0.2, 0.25) is 0 Å². The highest BCUT2D eigenvalue weighted by Crippen LogP contribution is 2.27. The Labute approximate surface area is 208 Å². The molecule has 1 aliphatic heterocycles. The van der Waals surface area contributed by atoms with Gasteiger partial charge in [0.15, 0.2) is 0 Å². The lowest BCUT2D eigenvalue weighted by Crippen LogP contribution is -2.39. The minimum Gasteiger partial charge on any atom is -0.320 e. The topological polar surface area (TPSA) is 70.5 Å². The van der Waals surface area contributed by atoms with Gasteiger partial charge >= 0.3 is 6.03 Å². The molecule has 3 amide bonds. The van der Waals surface area contributed by atoms with E-state index in [0.717, 1.165) is 22.6 Å². The van der Waals surface area contributed by atoms with Crippen LogP contribution in [0.4, 0.5) is 20.6 Å². The molecular weight excluding hydrogens is 457 g/mol. The smallest absolute Gasteiger partial charge is 0.320 e. The van der Waals surface area contributed by atoms with Crippen molar-refractivity contribution in [2.45, 2.75) is 19.5 Å². The number of nitrogens with one attached hydrogen (secondary N) is 1. The maximum absolute atomic E-state index is 13.5. The number of para-hydroxylation sites is 2. The fourth-order valence-corrected chi connectivity index (χ4v) is 4.48. The second-order valence-electron chi connectivity index (χ2n) is 8.70. The van der Waals surface area contributed by atoms with Gasteiger partial charge in [0.25, 0.3) is 5.91 Å². The molecule has 0 spiro atoms. The number of anilines is 2. The molecule has 0 radical (unpaired) electrons. The first-order valence-corrected chi connectivity index (χ1v) is 11.8. The molecule has 0 atom stereocenters. The van der Waals surface area contributed by atoms with Crippen molar-refractivity contribution in [3.63, 3.8) is 0 Å². The van der Waals surface area contributed by atoms with Gasteiger partial charge in [0, 0.05) is 48.2 Å². The lowest BCUT2D eigenvalue weighted by molar-refractivity contribution is 0.0984. The molecule has 0 fully saturated rings. The molecule has 7 nitrogen and oxygen atoms in total. The number of hydrogen-bond acceptors (Lipinski definition) is 3. The van der Waals surface area contributed by atoms with E-state index < -0.39 is 5.82 Å². The zero-order valence-electron chi connectivity index (χ0n) is 19.9. The third-order valence-electron chi connectivity index (χ3n) is 6.35. The summed E-state index contributed by atoms with van der Waals surface area (Å²) >= 11 is 0. The summed E-state index contributed by atoms with van der Waals surface area (Å²) in [6.07, 6.45) is 0.665. The molecule has 0 saturated heterocycles. The number of nitrogens with zero attached hydrogens (tertiary/aromatic N) is 4. The molecule has 3 aromatic carbocycles. The molecule has 5 rings (SSSR count). The molecule has 2 heterocycles. The van der Waals surface area contributed by atoms with Crippen LogP contribution in [0, 0.1) is 5.82 Å². The van der Waals surface area contributed by atoms with Crippen molar-refractivity contribution in [3.05, 3.63) is 113 Å². The Bertz CT molecular complexity index is 1370. The minimum absolute atomic E-state index is 0.177. The number of fused-ring (bicyclic) bond motifs is 1. The van der Waals surface area contributed by atoms with E-state index in [0.29, 0.717) is 30.8 Å². The Balaban J connectivity index is 1.42. The van der Waals surface area contributed by atoms with Crippen LogP contribution < -0.4 is 10.2 Å². The fourth-order valence-electron chi connectivity index (χ4n) is 4.48. The van der Waals surface area contributed by atoms with Gasteiger partial charge in [-0.3, -0.25) is 9.48 Å². The Morgan fingerprint density at radius 1 is 0.972 bits per heavy atom. The van der Waals surface area contributed by atoms with Gasteiger partial charge < -0.3 is 15.1 Å². The number of hydrogen-bond donors (Lipinski definition) is 1. The average molecular weight is 484 g/mol. The first kappa shape index (κ1) is 23.3. The number of halogens is 1. The number of aromatic nitrogens is 2. The molecule has 0 unspecified atom stereocenters. The van der Waals surface area contributed by atoms with Crippen LogP contribution >= 0.6 is 0 Å². The van der Waals surface area contributed by atoms with E-state index in [1.165, 1.54) is 24.3 Å². The van der Waals surface area contributed by atoms with Crippen LogP contribution in [0.3, 0.4) is 0 Å². The molecule has 0 bridgehead atoms. The van der Waals surface area contributed by atoms with Crippen molar-refractivity contribution in [1.82, 2.24) is 14.7 Å². The number of amides is 3. The van der Waals surface area contributed by atoms with E-state index >= 15 is 0 Å². The second-order valence-corrected chi connectivity index (χ2v) is 8.70. The second kappa shape index (κ2) is 10.0. The van der Waals surface area contributed by atoms with E-state index in [9.17, 15) is 14.0 Å². The summed E-state index contributed by atoms with van der Waals surface area (Å²) < 4.78 is 15.3. The molecule has 1 aliphatic rings. The summed E-state index contributed by atoms with van der Waals surface area (Å²) in [5.74, 6) is -0.652. The third-order valence-corrected chi connectivity index (χ3v) is 6.35. The van der Waals surface area contributed by atoms with Crippen LogP contribution in [-0.2, 0) is 26.6 Å². The molecular formula is C28H26FN5O2. The van der Waals surface area contributed by atoms with Crippen molar-refractivity contribution >= 4 is 23.3 Å². The van der Waals surface area contributed by atoms with E-state index in [2.05, 4.69) is 5.32 Å². The lowest BCUT2D eigenvalue weighted by atomic mass is 10.0. The fraction of sp³-hybridized carbons (Fsp3) is 0.179. The van der Waals surface area contributed by atoms with Gasteiger partial charge in [-0.05, 0) is 48.5 Å². The van der Waals surface area contributed by atoms with Crippen molar-refractivity contribution in [1.29, 1.82) is 0 Å². The van der Waals surface area contributed by atoms with E-state index in [1.807, 2.05) is 72.4 Å². The number of urea groups is 1. The van der Waals surface area contributed by atoms with Crippen molar-refractivity contribution in [2.24, 2.45) is 7.05 Å². The highest BCUT2D eigenvalue weighted by molar-refractivity contribution is 6.06. The monoisotopic (exact) mass is 483 g/mol.